The highest BCUT2D eigenvalue weighted by atomic mass is 35.5. The van der Waals surface area contributed by atoms with Gasteiger partial charge in [-0.3, -0.25) is 34.4 Å². The molecule has 2 unspecified atom stereocenters. The van der Waals surface area contributed by atoms with Gasteiger partial charge in [0.05, 0.1) is 17.6 Å². The standard InChI is InChI=1S/C33H31ClFN7O4S/c1-15-16(2)47-33-27(15)29(19-4-6-21(34)7-5-19)37-23(30-40-39-17(3)42(30)33)12-26(44)36-13-18-10-20-14-41(32(46)28(20)22(35)11-18)24-8-9-25(43)38-31(24)45/h4-7,10-11,23-24,29,37H,8-9,12-14H2,1-3H3,(H,36,44)(H,38,43,45)/t23?,24?,29-/m0/s1. The zero-order valence-electron chi connectivity index (χ0n) is 25.8. The Morgan fingerprint density at radius 3 is 2.64 bits per heavy atom. The number of halogens is 2. The fourth-order valence-electron chi connectivity index (χ4n) is 6.70. The van der Waals surface area contributed by atoms with Gasteiger partial charge in [0, 0.05) is 41.4 Å². The Kier molecular flexibility index (Phi) is 7.93. The first-order valence-corrected chi connectivity index (χ1v) is 16.5. The molecule has 0 saturated carbocycles. The van der Waals surface area contributed by atoms with E-state index in [1.165, 1.54) is 15.8 Å². The van der Waals surface area contributed by atoms with Gasteiger partial charge >= 0.3 is 0 Å². The molecule has 2 aromatic heterocycles. The van der Waals surface area contributed by atoms with Crippen molar-refractivity contribution in [3.63, 3.8) is 0 Å². The third-order valence-electron chi connectivity index (χ3n) is 9.15. The molecule has 11 nitrogen and oxygen atoms in total. The zero-order chi connectivity index (χ0) is 33.1. The van der Waals surface area contributed by atoms with Crippen LogP contribution in [0.5, 0.6) is 0 Å². The molecule has 242 valence electrons. The van der Waals surface area contributed by atoms with E-state index >= 15 is 4.39 Å². The molecule has 14 heteroatoms. The number of aryl methyl sites for hydroxylation is 2. The lowest BCUT2D eigenvalue weighted by atomic mass is 9.96. The van der Waals surface area contributed by atoms with Crippen LogP contribution in [0.1, 0.15) is 86.0 Å². The summed E-state index contributed by atoms with van der Waals surface area (Å²) in [7, 11) is 0. The van der Waals surface area contributed by atoms with Crippen molar-refractivity contribution in [3.8, 4) is 5.00 Å². The Morgan fingerprint density at radius 1 is 1.13 bits per heavy atom. The van der Waals surface area contributed by atoms with Gasteiger partial charge in [-0.25, -0.2) is 4.39 Å². The van der Waals surface area contributed by atoms with Gasteiger partial charge in [0.15, 0.2) is 5.82 Å². The highest BCUT2D eigenvalue weighted by Crippen LogP contribution is 2.43. The van der Waals surface area contributed by atoms with Crippen molar-refractivity contribution >= 4 is 46.6 Å². The van der Waals surface area contributed by atoms with Crippen LogP contribution in [0, 0.1) is 26.6 Å². The quantitative estimate of drug-likeness (QED) is 0.260. The molecule has 1 saturated heterocycles. The van der Waals surface area contributed by atoms with Gasteiger partial charge < -0.3 is 10.2 Å². The Balaban J connectivity index is 1.11. The van der Waals surface area contributed by atoms with E-state index in [0.29, 0.717) is 27.8 Å². The summed E-state index contributed by atoms with van der Waals surface area (Å²) in [5.74, 6) is -1.22. The minimum absolute atomic E-state index is 0.0281. The van der Waals surface area contributed by atoms with Gasteiger partial charge in [0.1, 0.15) is 22.7 Å². The predicted octanol–water partition coefficient (Wildman–Crippen LogP) is 4.25. The summed E-state index contributed by atoms with van der Waals surface area (Å²) in [6, 6.07) is 8.94. The average molecular weight is 676 g/mol. The topological polar surface area (TPSA) is 138 Å². The van der Waals surface area contributed by atoms with E-state index < -0.39 is 35.6 Å². The number of imide groups is 1. The average Bonchev–Trinajstić information content (AvgIpc) is 3.64. The van der Waals surface area contributed by atoms with Crippen molar-refractivity contribution in [2.24, 2.45) is 0 Å². The number of aromatic nitrogens is 3. The molecule has 1 fully saturated rings. The van der Waals surface area contributed by atoms with Crippen molar-refractivity contribution in [2.75, 3.05) is 0 Å². The van der Waals surface area contributed by atoms with Crippen LogP contribution in [0.2, 0.25) is 5.02 Å². The number of carbonyl (C=O) groups is 4. The minimum Gasteiger partial charge on any atom is -0.352 e. The number of hydrogen-bond acceptors (Lipinski definition) is 8. The first-order valence-electron chi connectivity index (χ1n) is 15.3. The number of piperidine rings is 1. The van der Waals surface area contributed by atoms with Crippen LogP contribution < -0.4 is 16.0 Å². The molecular weight excluding hydrogens is 645 g/mol. The first kappa shape index (κ1) is 31.2. The number of benzene rings is 2. The molecule has 7 rings (SSSR count). The molecule has 4 amide bonds. The smallest absolute Gasteiger partial charge is 0.258 e. The van der Waals surface area contributed by atoms with Gasteiger partial charge in [-0.1, -0.05) is 29.8 Å². The van der Waals surface area contributed by atoms with Crippen LogP contribution >= 0.6 is 22.9 Å². The van der Waals surface area contributed by atoms with Gasteiger partial charge in [0.2, 0.25) is 17.7 Å². The molecule has 3 aliphatic heterocycles. The van der Waals surface area contributed by atoms with E-state index in [1.54, 1.807) is 17.4 Å². The van der Waals surface area contributed by atoms with E-state index in [1.807, 2.05) is 35.8 Å². The predicted molar refractivity (Wildman–Crippen MR) is 172 cm³/mol. The van der Waals surface area contributed by atoms with Gasteiger partial charge in [-0.2, -0.15) is 0 Å². The van der Waals surface area contributed by atoms with Crippen LogP contribution in [0.25, 0.3) is 5.00 Å². The van der Waals surface area contributed by atoms with E-state index in [2.05, 4.69) is 40.0 Å². The normalized spacial score (nSPS) is 20.4. The number of carbonyl (C=O) groups excluding carboxylic acids is 4. The number of amides is 4. The Morgan fingerprint density at radius 2 is 1.89 bits per heavy atom. The molecule has 0 spiro atoms. The third-order valence-corrected chi connectivity index (χ3v) is 10.6. The SMILES string of the molecule is Cc1sc2c(c1C)[C@H](c1ccc(Cl)cc1)NC(CC(=O)NCc1cc(F)c3c(c1)CN(C1CCC(=O)NC1=O)C3=O)c1nnc(C)n1-2. The zero-order valence-corrected chi connectivity index (χ0v) is 27.4. The van der Waals surface area contributed by atoms with E-state index in [0.717, 1.165) is 21.7 Å². The monoisotopic (exact) mass is 675 g/mol. The van der Waals surface area contributed by atoms with Crippen molar-refractivity contribution < 1.29 is 23.6 Å². The van der Waals surface area contributed by atoms with Crippen LogP contribution in [0.3, 0.4) is 0 Å². The summed E-state index contributed by atoms with van der Waals surface area (Å²) in [6.45, 7) is 6.13. The number of nitrogens with zero attached hydrogens (tertiary/aromatic N) is 4. The molecular formula is C33H31ClFN7O4S. The summed E-state index contributed by atoms with van der Waals surface area (Å²) in [5, 5.41) is 19.3. The highest BCUT2D eigenvalue weighted by molar-refractivity contribution is 7.14. The molecule has 5 heterocycles. The molecule has 0 aliphatic carbocycles. The molecule has 0 bridgehead atoms. The van der Waals surface area contributed by atoms with E-state index in [-0.39, 0.29) is 49.9 Å². The maximum absolute atomic E-state index is 15.3. The molecule has 3 N–H and O–H groups in total. The van der Waals surface area contributed by atoms with Crippen LogP contribution in [0.4, 0.5) is 4.39 Å². The van der Waals surface area contributed by atoms with Gasteiger partial charge in [0.25, 0.3) is 5.91 Å². The molecule has 0 radical (unpaired) electrons. The number of hydrogen-bond donors (Lipinski definition) is 3. The third kappa shape index (κ3) is 5.51. The van der Waals surface area contributed by atoms with Crippen LogP contribution in [-0.4, -0.2) is 49.3 Å². The Bertz CT molecular complexity index is 1970. The highest BCUT2D eigenvalue weighted by Gasteiger charge is 2.41. The Hall–Kier alpha value is -4.46. The fraction of sp³-hybridized carbons (Fsp3) is 0.333. The van der Waals surface area contributed by atoms with Crippen LogP contribution in [-0.2, 0) is 27.5 Å². The second-order valence-corrected chi connectivity index (χ2v) is 13.8. The van der Waals surface area contributed by atoms with E-state index in [4.69, 9.17) is 11.6 Å². The number of fused-ring (bicyclic) bond motifs is 4. The van der Waals surface area contributed by atoms with Crippen molar-refractivity contribution in [1.29, 1.82) is 0 Å². The van der Waals surface area contributed by atoms with Gasteiger partial charge in [-0.15, -0.1) is 21.5 Å². The summed E-state index contributed by atoms with van der Waals surface area (Å²) >= 11 is 7.87. The lowest BCUT2D eigenvalue weighted by Crippen LogP contribution is -2.52. The first-order chi connectivity index (χ1) is 22.5. The maximum atomic E-state index is 15.3. The number of nitrogens with one attached hydrogen (secondary N) is 3. The minimum atomic E-state index is -0.845. The molecule has 2 aromatic carbocycles. The summed E-state index contributed by atoms with van der Waals surface area (Å²) in [5.41, 5.74) is 4.06. The summed E-state index contributed by atoms with van der Waals surface area (Å²) in [4.78, 5) is 53.0. The van der Waals surface area contributed by atoms with Crippen molar-refractivity contribution in [1.82, 2.24) is 35.6 Å². The fourth-order valence-corrected chi connectivity index (χ4v) is 8.07. The summed E-state index contributed by atoms with van der Waals surface area (Å²) in [6.07, 6.45) is 0.323. The number of rotatable bonds is 6. The lowest BCUT2D eigenvalue weighted by Gasteiger charge is -2.29. The second-order valence-electron chi connectivity index (χ2n) is 12.1. The molecule has 3 aliphatic rings. The number of thiophene rings is 1. The van der Waals surface area contributed by atoms with Gasteiger partial charge in [-0.05, 0) is 67.6 Å². The van der Waals surface area contributed by atoms with Crippen molar-refractivity contribution in [2.45, 2.75) is 71.2 Å². The second kappa shape index (κ2) is 12.0. The molecule has 3 atom stereocenters. The lowest BCUT2D eigenvalue weighted by molar-refractivity contribution is -0.137. The van der Waals surface area contributed by atoms with Crippen molar-refractivity contribution in [3.05, 3.63) is 97.1 Å². The summed E-state index contributed by atoms with van der Waals surface area (Å²) < 4.78 is 17.3. The van der Waals surface area contributed by atoms with Crippen LogP contribution in [0.15, 0.2) is 36.4 Å². The Labute approximate surface area is 278 Å². The molecule has 4 aromatic rings. The molecule has 47 heavy (non-hydrogen) atoms. The van der Waals surface area contributed by atoms with E-state index in [9.17, 15) is 19.2 Å². The maximum Gasteiger partial charge on any atom is 0.258 e. The largest absolute Gasteiger partial charge is 0.352 e.